The lowest BCUT2D eigenvalue weighted by Crippen LogP contribution is -2.21. The Morgan fingerprint density at radius 2 is 2.17 bits per heavy atom. The van der Waals surface area contributed by atoms with Crippen molar-refractivity contribution in [1.82, 2.24) is 5.32 Å². The van der Waals surface area contributed by atoms with Gasteiger partial charge in [-0.25, -0.2) is 4.39 Å². The Kier molecular flexibility index (Phi) is 3.99. The topological polar surface area (TPSA) is 34.4 Å². The second-order valence-corrected chi connectivity index (χ2v) is 3.94. The molecule has 0 spiro atoms. The zero-order valence-electron chi connectivity index (χ0n) is 10.4. The highest BCUT2D eigenvalue weighted by atomic mass is 19.1. The van der Waals surface area contributed by atoms with Gasteiger partial charge in [-0.1, -0.05) is 13.0 Å². The number of rotatable bonds is 5. The van der Waals surface area contributed by atoms with E-state index in [0.29, 0.717) is 0 Å². The fraction of sp³-hybridized carbons (Fsp3) is 0.286. The Morgan fingerprint density at radius 3 is 2.72 bits per heavy atom. The molecule has 1 heterocycles. The molecule has 1 aromatic carbocycles. The lowest BCUT2D eigenvalue weighted by atomic mass is 10.0. The van der Waals surface area contributed by atoms with E-state index >= 15 is 0 Å². The van der Waals surface area contributed by atoms with Gasteiger partial charge in [0.05, 0.1) is 25.7 Å². The molecule has 0 fully saturated rings. The van der Waals surface area contributed by atoms with Crippen molar-refractivity contribution in [2.45, 2.75) is 13.0 Å². The van der Waals surface area contributed by atoms with Gasteiger partial charge in [-0.2, -0.15) is 0 Å². The molecule has 2 rings (SSSR count). The van der Waals surface area contributed by atoms with Gasteiger partial charge in [-0.3, -0.25) is 0 Å². The number of ether oxygens (including phenoxy) is 1. The van der Waals surface area contributed by atoms with Gasteiger partial charge in [0, 0.05) is 5.56 Å². The quantitative estimate of drug-likeness (QED) is 0.884. The number of benzene rings is 1. The minimum absolute atomic E-state index is 0.0749. The Labute approximate surface area is 106 Å². The van der Waals surface area contributed by atoms with Gasteiger partial charge in [-0.15, -0.1) is 0 Å². The van der Waals surface area contributed by atoms with Crippen molar-refractivity contribution in [2.75, 3.05) is 13.7 Å². The average Bonchev–Trinajstić information content (AvgIpc) is 2.89. The van der Waals surface area contributed by atoms with E-state index in [4.69, 9.17) is 9.15 Å². The summed E-state index contributed by atoms with van der Waals surface area (Å²) in [6.07, 6.45) is 3.27. The predicted molar refractivity (Wildman–Crippen MR) is 67.2 cm³/mol. The number of nitrogens with one attached hydrogen (secondary N) is 1. The summed E-state index contributed by atoms with van der Waals surface area (Å²) in [5.74, 6) is -0.109. The van der Waals surface area contributed by atoms with E-state index in [1.54, 1.807) is 18.6 Å². The van der Waals surface area contributed by atoms with Gasteiger partial charge >= 0.3 is 0 Å². The van der Waals surface area contributed by atoms with Gasteiger partial charge in [0.2, 0.25) is 0 Å². The van der Waals surface area contributed by atoms with Crippen LogP contribution in [-0.4, -0.2) is 13.7 Å². The number of furan rings is 1. The molecule has 0 aliphatic carbocycles. The normalized spacial score (nSPS) is 12.4. The van der Waals surface area contributed by atoms with Gasteiger partial charge in [-0.05, 0) is 30.3 Å². The zero-order chi connectivity index (χ0) is 13.0. The predicted octanol–water partition coefficient (Wildman–Crippen LogP) is 3.13. The lowest BCUT2D eigenvalue weighted by molar-refractivity contribution is 0.385. The summed E-state index contributed by atoms with van der Waals surface area (Å²) >= 11 is 0. The van der Waals surface area contributed by atoms with E-state index in [1.165, 1.54) is 13.2 Å². The number of methoxy groups -OCH3 is 1. The molecular weight excluding hydrogens is 233 g/mol. The van der Waals surface area contributed by atoms with Crippen LogP contribution in [0, 0.1) is 5.82 Å². The van der Waals surface area contributed by atoms with Gasteiger partial charge in [0.1, 0.15) is 0 Å². The van der Waals surface area contributed by atoms with Crippen LogP contribution in [0.3, 0.4) is 0 Å². The smallest absolute Gasteiger partial charge is 0.165 e. The molecule has 0 aliphatic rings. The first-order valence-electron chi connectivity index (χ1n) is 5.85. The summed E-state index contributed by atoms with van der Waals surface area (Å²) < 4.78 is 23.7. The molecule has 0 bridgehead atoms. The second kappa shape index (κ2) is 5.69. The molecule has 0 radical (unpaired) electrons. The first-order valence-corrected chi connectivity index (χ1v) is 5.85. The van der Waals surface area contributed by atoms with Crippen molar-refractivity contribution in [2.24, 2.45) is 0 Å². The molecule has 1 aromatic heterocycles. The van der Waals surface area contributed by atoms with Gasteiger partial charge < -0.3 is 14.5 Å². The molecule has 0 amide bonds. The molecule has 1 unspecified atom stereocenters. The number of hydrogen-bond donors (Lipinski definition) is 1. The van der Waals surface area contributed by atoms with E-state index in [0.717, 1.165) is 17.7 Å². The third-order valence-corrected chi connectivity index (χ3v) is 2.79. The number of halogens is 1. The SMILES string of the molecule is CCNC(c1ccoc1)c1ccc(OC)c(F)c1. The largest absolute Gasteiger partial charge is 0.494 e. The van der Waals surface area contributed by atoms with Crippen LogP contribution < -0.4 is 10.1 Å². The molecule has 96 valence electrons. The van der Waals surface area contributed by atoms with Crippen LogP contribution in [-0.2, 0) is 0 Å². The second-order valence-electron chi connectivity index (χ2n) is 3.94. The summed E-state index contributed by atoms with van der Waals surface area (Å²) in [5, 5.41) is 3.30. The highest BCUT2D eigenvalue weighted by Gasteiger charge is 2.16. The lowest BCUT2D eigenvalue weighted by Gasteiger charge is -2.17. The summed E-state index contributed by atoms with van der Waals surface area (Å²) in [7, 11) is 1.45. The number of hydrogen-bond acceptors (Lipinski definition) is 3. The van der Waals surface area contributed by atoms with Gasteiger partial charge in [0.15, 0.2) is 11.6 Å². The molecule has 0 saturated heterocycles. The van der Waals surface area contributed by atoms with E-state index in [-0.39, 0.29) is 17.6 Å². The highest BCUT2D eigenvalue weighted by Crippen LogP contribution is 2.26. The fourth-order valence-corrected chi connectivity index (χ4v) is 1.93. The maximum absolute atomic E-state index is 13.7. The molecule has 4 heteroatoms. The minimum atomic E-state index is -0.360. The zero-order valence-corrected chi connectivity index (χ0v) is 10.4. The fourth-order valence-electron chi connectivity index (χ4n) is 1.93. The first-order chi connectivity index (χ1) is 8.76. The molecular formula is C14H16FNO2. The van der Waals surface area contributed by atoms with Crippen LogP contribution in [0.15, 0.2) is 41.2 Å². The summed E-state index contributed by atoms with van der Waals surface area (Å²) in [6, 6.07) is 6.76. The van der Waals surface area contributed by atoms with Crippen LogP contribution >= 0.6 is 0 Å². The van der Waals surface area contributed by atoms with E-state index in [9.17, 15) is 4.39 Å². The molecule has 3 nitrogen and oxygen atoms in total. The molecule has 18 heavy (non-hydrogen) atoms. The summed E-state index contributed by atoms with van der Waals surface area (Å²) in [4.78, 5) is 0. The Hall–Kier alpha value is -1.81. The molecule has 0 saturated carbocycles. The first kappa shape index (κ1) is 12.6. The van der Waals surface area contributed by atoms with E-state index in [1.807, 2.05) is 19.1 Å². The third-order valence-electron chi connectivity index (χ3n) is 2.79. The Balaban J connectivity index is 2.34. The molecule has 0 aliphatic heterocycles. The van der Waals surface area contributed by atoms with Crippen molar-refractivity contribution >= 4 is 0 Å². The Bertz CT molecular complexity index is 497. The Morgan fingerprint density at radius 1 is 1.33 bits per heavy atom. The van der Waals surface area contributed by atoms with Crippen molar-refractivity contribution in [1.29, 1.82) is 0 Å². The average molecular weight is 249 g/mol. The van der Waals surface area contributed by atoms with Crippen molar-refractivity contribution in [3.05, 3.63) is 53.7 Å². The molecule has 2 aromatic rings. The standard InChI is InChI=1S/C14H16FNO2/c1-3-16-14(11-6-7-18-9-11)10-4-5-13(17-2)12(15)8-10/h4-9,14,16H,3H2,1-2H3. The van der Waals surface area contributed by atoms with Crippen molar-refractivity contribution in [3.63, 3.8) is 0 Å². The highest BCUT2D eigenvalue weighted by molar-refractivity contribution is 5.35. The van der Waals surface area contributed by atoms with Crippen LogP contribution in [0.2, 0.25) is 0 Å². The maximum Gasteiger partial charge on any atom is 0.165 e. The van der Waals surface area contributed by atoms with E-state index in [2.05, 4.69) is 5.32 Å². The third kappa shape index (κ3) is 2.54. The van der Waals surface area contributed by atoms with Crippen LogP contribution in [0.5, 0.6) is 5.75 Å². The van der Waals surface area contributed by atoms with Crippen LogP contribution in [0.1, 0.15) is 24.1 Å². The van der Waals surface area contributed by atoms with E-state index < -0.39 is 0 Å². The van der Waals surface area contributed by atoms with Crippen LogP contribution in [0.4, 0.5) is 4.39 Å². The maximum atomic E-state index is 13.7. The minimum Gasteiger partial charge on any atom is -0.494 e. The van der Waals surface area contributed by atoms with Crippen molar-refractivity contribution in [3.8, 4) is 5.75 Å². The van der Waals surface area contributed by atoms with Crippen molar-refractivity contribution < 1.29 is 13.5 Å². The monoisotopic (exact) mass is 249 g/mol. The molecule has 1 N–H and O–H groups in total. The molecule has 1 atom stereocenters. The summed E-state index contributed by atoms with van der Waals surface area (Å²) in [6.45, 7) is 2.79. The van der Waals surface area contributed by atoms with Crippen LogP contribution in [0.25, 0.3) is 0 Å². The van der Waals surface area contributed by atoms with Gasteiger partial charge in [0.25, 0.3) is 0 Å². The summed E-state index contributed by atoms with van der Waals surface area (Å²) in [5.41, 5.74) is 1.82.